The van der Waals surface area contributed by atoms with Crippen LogP contribution in [-0.2, 0) is 19.6 Å². The molecule has 3 atom stereocenters. The molecular weight excluding hydrogens is 306 g/mol. The predicted molar refractivity (Wildman–Crippen MR) is 86.1 cm³/mol. The number of amides is 1. The fraction of sp³-hybridized carbons (Fsp3) is 0.929. The number of rotatable bonds is 7. The summed E-state index contributed by atoms with van der Waals surface area (Å²) in [6.45, 7) is 9.98. The molecule has 0 aromatic carbocycles. The van der Waals surface area contributed by atoms with Crippen molar-refractivity contribution in [2.24, 2.45) is 5.92 Å². The lowest BCUT2D eigenvalue weighted by Crippen LogP contribution is -2.57. The van der Waals surface area contributed by atoms with Gasteiger partial charge < -0.3 is 10.1 Å². The largest absolute Gasteiger partial charge is 0.373 e. The highest BCUT2D eigenvalue weighted by molar-refractivity contribution is 7.88. The first-order valence-corrected chi connectivity index (χ1v) is 9.61. The Morgan fingerprint density at radius 2 is 1.77 bits per heavy atom. The smallest absolute Gasteiger partial charge is 0.237 e. The summed E-state index contributed by atoms with van der Waals surface area (Å²) in [4.78, 5) is 14.6. The fourth-order valence-electron chi connectivity index (χ4n) is 2.86. The lowest BCUT2D eigenvalue weighted by atomic mass is 9.99. The van der Waals surface area contributed by atoms with Crippen LogP contribution in [0.1, 0.15) is 27.7 Å². The van der Waals surface area contributed by atoms with Crippen molar-refractivity contribution in [3.05, 3.63) is 0 Å². The molecule has 22 heavy (non-hydrogen) atoms. The molecule has 7 nitrogen and oxygen atoms in total. The zero-order valence-electron chi connectivity index (χ0n) is 14.1. The quantitative estimate of drug-likeness (QED) is 0.629. The summed E-state index contributed by atoms with van der Waals surface area (Å²) in [6.07, 6.45) is 1.30. The molecule has 0 aliphatic carbocycles. The Morgan fingerprint density at radius 3 is 2.23 bits per heavy atom. The van der Waals surface area contributed by atoms with Crippen molar-refractivity contribution < 1.29 is 17.9 Å². The summed E-state index contributed by atoms with van der Waals surface area (Å²) in [5.41, 5.74) is 0. The van der Waals surface area contributed by atoms with E-state index in [1.807, 2.05) is 27.7 Å². The Kier molecular flexibility index (Phi) is 7.24. The van der Waals surface area contributed by atoms with E-state index in [4.69, 9.17) is 4.74 Å². The highest BCUT2D eigenvalue weighted by Gasteiger charge is 2.33. The van der Waals surface area contributed by atoms with Crippen LogP contribution in [0.4, 0.5) is 0 Å². The summed E-state index contributed by atoms with van der Waals surface area (Å²) in [6, 6.07) is -0.230. The number of carbonyl (C=O) groups excluding carboxylic acids is 1. The van der Waals surface area contributed by atoms with Gasteiger partial charge >= 0.3 is 0 Å². The summed E-state index contributed by atoms with van der Waals surface area (Å²) in [5.74, 6) is 0.104. The van der Waals surface area contributed by atoms with Crippen LogP contribution >= 0.6 is 0 Å². The molecule has 0 spiro atoms. The number of hydrogen-bond donors (Lipinski definition) is 2. The molecule has 1 rings (SSSR count). The monoisotopic (exact) mass is 335 g/mol. The lowest BCUT2D eigenvalue weighted by molar-refractivity contribution is -0.135. The second kappa shape index (κ2) is 8.24. The minimum atomic E-state index is -3.22. The van der Waals surface area contributed by atoms with Gasteiger partial charge in [0.25, 0.3) is 0 Å². The SMILES string of the molecule is CC(C)[C@H](C(=O)NCCNS(C)(=O)=O)N1C[C@@H](C)O[C@H](C)C1. The van der Waals surface area contributed by atoms with Gasteiger partial charge in [-0.2, -0.15) is 0 Å². The van der Waals surface area contributed by atoms with E-state index in [0.717, 1.165) is 19.3 Å². The average molecular weight is 335 g/mol. The van der Waals surface area contributed by atoms with E-state index in [-0.39, 0.29) is 43.2 Å². The number of nitrogens with one attached hydrogen (secondary N) is 2. The van der Waals surface area contributed by atoms with Gasteiger partial charge in [0.2, 0.25) is 15.9 Å². The number of sulfonamides is 1. The van der Waals surface area contributed by atoms with Crippen molar-refractivity contribution in [1.29, 1.82) is 0 Å². The number of carbonyl (C=O) groups is 1. The van der Waals surface area contributed by atoms with Gasteiger partial charge in [0.1, 0.15) is 0 Å². The fourth-order valence-corrected chi connectivity index (χ4v) is 3.33. The molecule has 130 valence electrons. The Morgan fingerprint density at radius 1 is 1.23 bits per heavy atom. The molecule has 1 aliphatic heterocycles. The number of hydrogen-bond acceptors (Lipinski definition) is 5. The van der Waals surface area contributed by atoms with Crippen LogP contribution in [0.3, 0.4) is 0 Å². The normalized spacial score (nSPS) is 25.2. The molecule has 0 unspecified atom stereocenters. The van der Waals surface area contributed by atoms with Crippen molar-refractivity contribution in [1.82, 2.24) is 14.9 Å². The van der Waals surface area contributed by atoms with E-state index in [1.54, 1.807) is 0 Å². The molecule has 0 aromatic heterocycles. The van der Waals surface area contributed by atoms with Crippen LogP contribution in [0, 0.1) is 5.92 Å². The summed E-state index contributed by atoms with van der Waals surface area (Å²) < 4.78 is 30.1. The summed E-state index contributed by atoms with van der Waals surface area (Å²) in [7, 11) is -3.22. The molecule has 0 saturated carbocycles. The highest BCUT2D eigenvalue weighted by atomic mass is 32.2. The van der Waals surface area contributed by atoms with Crippen LogP contribution in [0.5, 0.6) is 0 Å². The van der Waals surface area contributed by atoms with Crippen molar-refractivity contribution in [2.45, 2.75) is 45.9 Å². The topological polar surface area (TPSA) is 87.7 Å². The number of ether oxygens (including phenoxy) is 1. The standard InChI is InChI=1S/C14H29N3O4S/c1-10(2)13(17-8-11(3)21-12(4)9-17)14(18)15-6-7-16-22(5,19)20/h10-13,16H,6-9H2,1-5H3,(H,15,18)/t11-,12-,13-/m1/s1. The molecule has 1 aliphatic rings. The van der Waals surface area contributed by atoms with Crippen LogP contribution in [0.2, 0.25) is 0 Å². The summed E-state index contributed by atoms with van der Waals surface area (Å²) in [5, 5.41) is 2.82. The van der Waals surface area contributed by atoms with Gasteiger partial charge in [-0.25, -0.2) is 13.1 Å². The Balaban J connectivity index is 2.56. The Hall–Kier alpha value is -0.700. The van der Waals surface area contributed by atoms with Gasteiger partial charge in [0, 0.05) is 26.2 Å². The molecule has 0 aromatic rings. The van der Waals surface area contributed by atoms with Crippen molar-refractivity contribution in [3.63, 3.8) is 0 Å². The molecule has 8 heteroatoms. The van der Waals surface area contributed by atoms with E-state index in [0.29, 0.717) is 0 Å². The first-order valence-electron chi connectivity index (χ1n) is 7.72. The predicted octanol–water partition coefficient (Wildman–Crippen LogP) is -0.214. The van der Waals surface area contributed by atoms with Crippen LogP contribution in [0.15, 0.2) is 0 Å². The second-order valence-electron chi connectivity index (χ2n) is 6.36. The third-order valence-corrected chi connectivity index (χ3v) is 4.26. The maximum absolute atomic E-state index is 12.5. The highest BCUT2D eigenvalue weighted by Crippen LogP contribution is 2.18. The minimum Gasteiger partial charge on any atom is -0.373 e. The van der Waals surface area contributed by atoms with Crippen molar-refractivity contribution in [2.75, 3.05) is 32.4 Å². The summed E-state index contributed by atoms with van der Waals surface area (Å²) >= 11 is 0. The second-order valence-corrected chi connectivity index (χ2v) is 8.19. The third kappa shape index (κ3) is 6.60. The molecule has 1 saturated heterocycles. The molecule has 2 N–H and O–H groups in total. The van der Waals surface area contributed by atoms with E-state index in [2.05, 4.69) is 14.9 Å². The van der Waals surface area contributed by atoms with Crippen molar-refractivity contribution in [3.8, 4) is 0 Å². The zero-order chi connectivity index (χ0) is 16.9. The Labute approximate surface area is 133 Å². The van der Waals surface area contributed by atoms with E-state index < -0.39 is 10.0 Å². The van der Waals surface area contributed by atoms with Crippen LogP contribution in [-0.4, -0.2) is 69.9 Å². The van der Waals surface area contributed by atoms with Gasteiger partial charge in [0.05, 0.1) is 24.5 Å². The molecule has 1 heterocycles. The van der Waals surface area contributed by atoms with Gasteiger partial charge in [-0.1, -0.05) is 13.8 Å². The minimum absolute atomic E-state index is 0.0633. The zero-order valence-corrected chi connectivity index (χ0v) is 14.9. The number of nitrogens with zero attached hydrogens (tertiary/aromatic N) is 1. The lowest BCUT2D eigenvalue weighted by Gasteiger charge is -2.41. The van der Waals surface area contributed by atoms with Gasteiger partial charge in [-0.3, -0.25) is 9.69 Å². The molecule has 1 fully saturated rings. The number of morpholine rings is 1. The average Bonchev–Trinajstić information content (AvgIpc) is 2.32. The molecule has 0 bridgehead atoms. The van der Waals surface area contributed by atoms with E-state index >= 15 is 0 Å². The Bertz CT molecular complexity index is 457. The van der Waals surface area contributed by atoms with Crippen LogP contribution < -0.4 is 10.0 Å². The first-order chi connectivity index (χ1) is 10.1. The maximum atomic E-state index is 12.5. The van der Waals surface area contributed by atoms with Crippen LogP contribution in [0.25, 0.3) is 0 Å². The van der Waals surface area contributed by atoms with Gasteiger partial charge in [0.15, 0.2) is 0 Å². The molecular formula is C14H29N3O4S. The molecule has 1 amide bonds. The van der Waals surface area contributed by atoms with Gasteiger partial charge in [-0.05, 0) is 19.8 Å². The third-order valence-electron chi connectivity index (χ3n) is 3.53. The van der Waals surface area contributed by atoms with Gasteiger partial charge in [-0.15, -0.1) is 0 Å². The maximum Gasteiger partial charge on any atom is 0.237 e. The van der Waals surface area contributed by atoms with E-state index in [9.17, 15) is 13.2 Å². The van der Waals surface area contributed by atoms with Crippen molar-refractivity contribution >= 4 is 15.9 Å². The molecule has 0 radical (unpaired) electrons. The first kappa shape index (κ1) is 19.3. The van der Waals surface area contributed by atoms with E-state index in [1.165, 1.54) is 0 Å².